The maximum atomic E-state index is 13.6. The molecule has 4 nitrogen and oxygen atoms in total. The van der Waals surface area contributed by atoms with E-state index in [0.29, 0.717) is 25.9 Å². The SMILES string of the molecule is CC(C)[C@H](N)C(=O)N1CCC(Oc2ccc(F)cc2F)CC1.Cl. The molecule has 1 fully saturated rings. The van der Waals surface area contributed by atoms with E-state index in [1.807, 2.05) is 13.8 Å². The lowest BCUT2D eigenvalue weighted by molar-refractivity contribution is -0.135. The second-order valence-electron chi connectivity index (χ2n) is 5.99. The lowest BCUT2D eigenvalue weighted by Gasteiger charge is -2.34. The fraction of sp³-hybridized carbons (Fsp3) is 0.562. The number of hydrogen-bond donors (Lipinski definition) is 1. The monoisotopic (exact) mass is 348 g/mol. The third-order valence-corrected chi connectivity index (χ3v) is 3.94. The predicted molar refractivity (Wildman–Crippen MR) is 86.6 cm³/mol. The Balaban J connectivity index is 0.00000264. The van der Waals surface area contributed by atoms with Gasteiger partial charge in [-0.1, -0.05) is 13.8 Å². The lowest BCUT2D eigenvalue weighted by atomic mass is 10.0. The molecule has 0 bridgehead atoms. The molecule has 1 aromatic carbocycles. The summed E-state index contributed by atoms with van der Waals surface area (Å²) in [7, 11) is 0. The number of hydrogen-bond acceptors (Lipinski definition) is 3. The maximum absolute atomic E-state index is 13.6. The number of rotatable bonds is 4. The van der Waals surface area contributed by atoms with Gasteiger partial charge in [0.25, 0.3) is 0 Å². The molecule has 7 heteroatoms. The van der Waals surface area contributed by atoms with Crippen LogP contribution in [0.5, 0.6) is 5.75 Å². The molecule has 2 N–H and O–H groups in total. The third-order valence-electron chi connectivity index (χ3n) is 3.94. The van der Waals surface area contributed by atoms with Crippen molar-refractivity contribution in [2.24, 2.45) is 11.7 Å². The highest BCUT2D eigenvalue weighted by Crippen LogP contribution is 2.23. The van der Waals surface area contributed by atoms with Crippen LogP contribution in [0.3, 0.4) is 0 Å². The van der Waals surface area contributed by atoms with Crippen LogP contribution in [0.4, 0.5) is 8.78 Å². The molecule has 23 heavy (non-hydrogen) atoms. The summed E-state index contributed by atoms with van der Waals surface area (Å²) < 4.78 is 32.0. The molecule has 1 heterocycles. The molecule has 1 aliphatic rings. The molecule has 0 aliphatic carbocycles. The summed E-state index contributed by atoms with van der Waals surface area (Å²) in [5.41, 5.74) is 5.88. The fourth-order valence-corrected chi connectivity index (χ4v) is 2.44. The number of nitrogens with two attached hydrogens (primary N) is 1. The number of likely N-dealkylation sites (tertiary alicyclic amines) is 1. The molecule has 1 saturated heterocycles. The minimum Gasteiger partial charge on any atom is -0.487 e. The van der Waals surface area contributed by atoms with Crippen molar-refractivity contribution in [2.75, 3.05) is 13.1 Å². The molecule has 1 aliphatic heterocycles. The summed E-state index contributed by atoms with van der Waals surface area (Å²) in [5, 5.41) is 0. The highest BCUT2D eigenvalue weighted by Gasteiger charge is 2.28. The molecule has 2 rings (SSSR count). The molecular weight excluding hydrogens is 326 g/mol. The fourth-order valence-electron chi connectivity index (χ4n) is 2.44. The van der Waals surface area contributed by atoms with Gasteiger partial charge in [-0.15, -0.1) is 12.4 Å². The standard InChI is InChI=1S/C16H22F2N2O2.ClH/c1-10(2)15(19)16(21)20-7-5-12(6-8-20)22-14-4-3-11(17)9-13(14)18;/h3-4,9-10,12,15H,5-8,19H2,1-2H3;1H/t15-;/m0./s1. The van der Waals surface area contributed by atoms with Gasteiger partial charge in [-0.25, -0.2) is 8.78 Å². The van der Waals surface area contributed by atoms with Gasteiger partial charge < -0.3 is 15.4 Å². The van der Waals surface area contributed by atoms with Crippen molar-refractivity contribution in [3.8, 4) is 5.75 Å². The number of piperidine rings is 1. The Hall–Kier alpha value is -1.40. The first-order valence-electron chi connectivity index (χ1n) is 7.54. The Morgan fingerprint density at radius 2 is 1.91 bits per heavy atom. The van der Waals surface area contributed by atoms with Crippen molar-refractivity contribution in [1.82, 2.24) is 4.90 Å². The number of carbonyl (C=O) groups excluding carboxylic acids is 1. The molecule has 0 saturated carbocycles. The number of benzene rings is 1. The Bertz CT molecular complexity index is 535. The average molecular weight is 349 g/mol. The highest BCUT2D eigenvalue weighted by atomic mass is 35.5. The topological polar surface area (TPSA) is 55.6 Å². The zero-order valence-electron chi connectivity index (χ0n) is 13.3. The molecule has 1 atom stereocenters. The molecular formula is C16H23ClF2N2O2. The predicted octanol–water partition coefficient (Wildman–Crippen LogP) is 2.74. The largest absolute Gasteiger partial charge is 0.487 e. The van der Waals surface area contributed by atoms with Crippen LogP contribution in [0.15, 0.2) is 18.2 Å². The van der Waals surface area contributed by atoms with Crippen LogP contribution in [-0.2, 0) is 4.79 Å². The van der Waals surface area contributed by atoms with Crippen LogP contribution in [0, 0.1) is 17.6 Å². The summed E-state index contributed by atoms with van der Waals surface area (Å²) in [4.78, 5) is 13.9. The van der Waals surface area contributed by atoms with Gasteiger partial charge >= 0.3 is 0 Å². The van der Waals surface area contributed by atoms with Crippen molar-refractivity contribution in [1.29, 1.82) is 0 Å². The van der Waals surface area contributed by atoms with Gasteiger partial charge in [0.05, 0.1) is 6.04 Å². The van der Waals surface area contributed by atoms with Crippen molar-refractivity contribution in [3.63, 3.8) is 0 Å². The first-order chi connectivity index (χ1) is 10.4. The normalized spacial score (nSPS) is 16.9. The van der Waals surface area contributed by atoms with Gasteiger partial charge in [0.1, 0.15) is 11.9 Å². The van der Waals surface area contributed by atoms with Crippen LogP contribution in [0.1, 0.15) is 26.7 Å². The zero-order valence-corrected chi connectivity index (χ0v) is 14.1. The van der Waals surface area contributed by atoms with Gasteiger partial charge in [0.2, 0.25) is 5.91 Å². The van der Waals surface area contributed by atoms with Gasteiger partial charge in [-0.05, 0) is 18.1 Å². The molecule has 1 aromatic rings. The molecule has 1 amide bonds. The molecule has 0 unspecified atom stereocenters. The minimum absolute atomic E-state index is 0. The summed E-state index contributed by atoms with van der Waals surface area (Å²) in [5.74, 6) is -1.26. The van der Waals surface area contributed by atoms with E-state index >= 15 is 0 Å². The van der Waals surface area contributed by atoms with Gasteiger partial charge in [-0.2, -0.15) is 0 Å². The van der Waals surface area contributed by atoms with Crippen molar-refractivity contribution >= 4 is 18.3 Å². The van der Waals surface area contributed by atoms with Crippen LogP contribution in [-0.4, -0.2) is 36.0 Å². The van der Waals surface area contributed by atoms with E-state index in [1.54, 1.807) is 4.90 Å². The first-order valence-corrected chi connectivity index (χ1v) is 7.54. The number of ether oxygens (including phenoxy) is 1. The molecule has 0 spiro atoms. The van der Waals surface area contributed by atoms with Crippen molar-refractivity contribution in [3.05, 3.63) is 29.8 Å². The van der Waals surface area contributed by atoms with Crippen molar-refractivity contribution in [2.45, 2.75) is 38.8 Å². The Labute approximate surface area is 141 Å². The number of amides is 1. The van der Waals surface area contributed by atoms with Crippen LogP contribution < -0.4 is 10.5 Å². The molecule has 0 aromatic heterocycles. The Kier molecular flexibility index (Phi) is 7.22. The van der Waals surface area contributed by atoms with E-state index in [0.717, 1.165) is 6.07 Å². The van der Waals surface area contributed by atoms with Gasteiger partial charge in [-0.3, -0.25) is 4.79 Å². The average Bonchev–Trinajstić information content (AvgIpc) is 2.49. The molecule has 0 radical (unpaired) electrons. The summed E-state index contributed by atoms with van der Waals surface area (Å²) in [6.07, 6.45) is 1.03. The number of nitrogens with zero attached hydrogens (tertiary/aromatic N) is 1. The summed E-state index contributed by atoms with van der Waals surface area (Å²) in [6.45, 7) is 4.89. The van der Waals surface area contributed by atoms with E-state index in [9.17, 15) is 13.6 Å². The molecule has 130 valence electrons. The lowest BCUT2D eigenvalue weighted by Crippen LogP contribution is -2.50. The van der Waals surface area contributed by atoms with Gasteiger partial charge in [0, 0.05) is 32.0 Å². The van der Waals surface area contributed by atoms with Crippen LogP contribution >= 0.6 is 12.4 Å². The zero-order chi connectivity index (χ0) is 16.3. The summed E-state index contributed by atoms with van der Waals surface area (Å²) in [6, 6.07) is 2.76. The van der Waals surface area contributed by atoms with Crippen molar-refractivity contribution < 1.29 is 18.3 Å². The third kappa shape index (κ3) is 5.04. The van der Waals surface area contributed by atoms with Crippen LogP contribution in [0.2, 0.25) is 0 Å². The maximum Gasteiger partial charge on any atom is 0.239 e. The van der Waals surface area contributed by atoms with E-state index in [1.165, 1.54) is 12.1 Å². The minimum atomic E-state index is -0.708. The second-order valence-corrected chi connectivity index (χ2v) is 5.99. The van der Waals surface area contributed by atoms with E-state index in [-0.39, 0.29) is 36.1 Å². The van der Waals surface area contributed by atoms with E-state index in [4.69, 9.17) is 10.5 Å². The van der Waals surface area contributed by atoms with E-state index in [2.05, 4.69) is 0 Å². The Morgan fingerprint density at radius 3 is 2.43 bits per heavy atom. The van der Waals surface area contributed by atoms with Crippen LogP contribution in [0.25, 0.3) is 0 Å². The highest BCUT2D eigenvalue weighted by molar-refractivity contribution is 5.85. The quantitative estimate of drug-likeness (QED) is 0.910. The second kappa shape index (κ2) is 8.45. The number of halogens is 3. The number of carbonyl (C=O) groups is 1. The summed E-state index contributed by atoms with van der Waals surface area (Å²) >= 11 is 0. The van der Waals surface area contributed by atoms with E-state index < -0.39 is 17.7 Å². The van der Waals surface area contributed by atoms with Gasteiger partial charge in [0.15, 0.2) is 11.6 Å². The Morgan fingerprint density at radius 1 is 1.30 bits per heavy atom. The first kappa shape index (κ1) is 19.6. The smallest absolute Gasteiger partial charge is 0.239 e.